The zero-order valence-corrected chi connectivity index (χ0v) is 15.4. The van der Waals surface area contributed by atoms with Gasteiger partial charge >= 0.3 is 6.18 Å². The van der Waals surface area contributed by atoms with E-state index < -0.39 is 11.7 Å². The number of rotatable bonds is 4. The fourth-order valence-electron chi connectivity index (χ4n) is 2.80. The molecule has 1 saturated heterocycles. The highest BCUT2D eigenvalue weighted by Crippen LogP contribution is 2.29. The van der Waals surface area contributed by atoms with Gasteiger partial charge in [0.25, 0.3) is 0 Å². The lowest BCUT2D eigenvalue weighted by atomic mass is 10.1. The smallest absolute Gasteiger partial charge is 0.338 e. The summed E-state index contributed by atoms with van der Waals surface area (Å²) in [7, 11) is 1.77. The van der Waals surface area contributed by atoms with Crippen LogP contribution in [-0.2, 0) is 11.0 Å². The second-order valence-corrected chi connectivity index (χ2v) is 6.43. The van der Waals surface area contributed by atoms with Gasteiger partial charge in [0.1, 0.15) is 0 Å². The van der Waals surface area contributed by atoms with E-state index in [0.29, 0.717) is 11.6 Å². The Bertz CT molecular complexity index is 599. The van der Waals surface area contributed by atoms with Crippen LogP contribution in [0.3, 0.4) is 0 Å². The van der Waals surface area contributed by atoms with E-state index in [2.05, 4.69) is 18.7 Å². The molecule has 0 bridgehead atoms. The van der Waals surface area contributed by atoms with Crippen molar-refractivity contribution < 1.29 is 18.0 Å². The number of halogens is 4. The van der Waals surface area contributed by atoms with Crippen LogP contribution in [-0.4, -0.2) is 47.9 Å². The minimum absolute atomic E-state index is 0. The molecule has 7 heteroatoms. The van der Waals surface area contributed by atoms with Crippen LogP contribution in [0.5, 0.6) is 0 Å². The SMILES string of the molecule is CC(C)N1CCC(N(C)C(=O)/C=C\c2ccc(C(F)(F)F)cc2)C1.Cl. The molecule has 0 spiro atoms. The lowest BCUT2D eigenvalue weighted by molar-refractivity contribution is -0.137. The van der Waals surface area contributed by atoms with Crippen LogP contribution >= 0.6 is 12.4 Å². The lowest BCUT2D eigenvalue weighted by Gasteiger charge is -2.25. The van der Waals surface area contributed by atoms with Gasteiger partial charge < -0.3 is 4.90 Å². The average molecular weight is 377 g/mol. The third-order valence-electron chi connectivity index (χ3n) is 4.48. The number of carbonyl (C=O) groups is 1. The molecule has 2 rings (SSSR count). The Balaban J connectivity index is 0.00000312. The zero-order chi connectivity index (χ0) is 17.9. The van der Waals surface area contributed by atoms with Crippen LogP contribution < -0.4 is 0 Å². The summed E-state index contributed by atoms with van der Waals surface area (Å²) in [5, 5.41) is 0. The molecular weight excluding hydrogens is 353 g/mol. The number of alkyl halides is 3. The summed E-state index contributed by atoms with van der Waals surface area (Å²) in [6, 6.07) is 5.40. The van der Waals surface area contributed by atoms with E-state index in [0.717, 1.165) is 31.6 Å². The molecule has 1 aromatic carbocycles. The molecule has 1 fully saturated rings. The van der Waals surface area contributed by atoms with Crippen molar-refractivity contribution in [3.8, 4) is 0 Å². The Kier molecular flexibility index (Phi) is 7.50. The van der Waals surface area contributed by atoms with E-state index in [4.69, 9.17) is 0 Å². The fraction of sp³-hybridized carbons (Fsp3) is 0.500. The summed E-state index contributed by atoms with van der Waals surface area (Å²) in [5.41, 5.74) is -0.122. The van der Waals surface area contributed by atoms with Crippen molar-refractivity contribution in [1.82, 2.24) is 9.80 Å². The first-order valence-electron chi connectivity index (χ1n) is 8.04. The van der Waals surface area contributed by atoms with Crippen molar-refractivity contribution in [2.24, 2.45) is 0 Å². The summed E-state index contributed by atoms with van der Waals surface area (Å²) >= 11 is 0. The summed E-state index contributed by atoms with van der Waals surface area (Å²) in [4.78, 5) is 16.3. The van der Waals surface area contributed by atoms with E-state index in [1.54, 1.807) is 18.0 Å². The third kappa shape index (κ3) is 5.75. The van der Waals surface area contributed by atoms with E-state index in [-0.39, 0.29) is 24.4 Å². The molecule has 0 N–H and O–H groups in total. The number of likely N-dealkylation sites (tertiary alicyclic amines) is 1. The van der Waals surface area contributed by atoms with Gasteiger partial charge in [-0.25, -0.2) is 0 Å². The molecule has 1 aliphatic heterocycles. The quantitative estimate of drug-likeness (QED) is 0.739. The van der Waals surface area contributed by atoms with E-state index in [1.807, 2.05) is 0 Å². The Labute approximate surface area is 152 Å². The molecule has 140 valence electrons. The molecule has 0 aromatic heterocycles. The topological polar surface area (TPSA) is 23.6 Å². The highest BCUT2D eigenvalue weighted by Gasteiger charge is 2.30. The molecule has 0 saturated carbocycles. The molecule has 1 heterocycles. The molecule has 1 aromatic rings. The van der Waals surface area contributed by atoms with Gasteiger partial charge in [-0.05, 0) is 44.0 Å². The van der Waals surface area contributed by atoms with Crippen molar-refractivity contribution in [3.63, 3.8) is 0 Å². The molecule has 1 amide bonds. The van der Waals surface area contributed by atoms with E-state index >= 15 is 0 Å². The minimum Gasteiger partial charge on any atom is -0.338 e. The second-order valence-electron chi connectivity index (χ2n) is 6.43. The monoisotopic (exact) mass is 376 g/mol. The zero-order valence-electron chi connectivity index (χ0n) is 14.6. The Morgan fingerprint density at radius 1 is 1.28 bits per heavy atom. The van der Waals surface area contributed by atoms with Crippen LogP contribution in [0.2, 0.25) is 0 Å². The number of likely N-dealkylation sites (N-methyl/N-ethyl adjacent to an activating group) is 1. The summed E-state index contributed by atoms with van der Waals surface area (Å²) < 4.78 is 37.6. The Morgan fingerprint density at radius 2 is 1.88 bits per heavy atom. The normalized spacial score (nSPS) is 18.6. The van der Waals surface area contributed by atoms with Crippen LogP contribution in [0, 0.1) is 0 Å². The van der Waals surface area contributed by atoms with Crippen LogP contribution in [0.25, 0.3) is 6.08 Å². The highest BCUT2D eigenvalue weighted by molar-refractivity contribution is 5.91. The maximum Gasteiger partial charge on any atom is 0.416 e. The molecule has 0 radical (unpaired) electrons. The number of amides is 1. The molecule has 25 heavy (non-hydrogen) atoms. The van der Waals surface area contributed by atoms with Crippen LogP contribution in [0.1, 0.15) is 31.4 Å². The van der Waals surface area contributed by atoms with Crippen molar-refractivity contribution in [3.05, 3.63) is 41.5 Å². The summed E-state index contributed by atoms with van der Waals surface area (Å²) in [6.45, 7) is 6.10. The predicted molar refractivity (Wildman–Crippen MR) is 95.6 cm³/mol. The minimum atomic E-state index is -4.34. The number of nitrogens with zero attached hydrogens (tertiary/aromatic N) is 2. The van der Waals surface area contributed by atoms with E-state index in [9.17, 15) is 18.0 Å². The number of hydrogen-bond acceptors (Lipinski definition) is 2. The molecular formula is C18H24ClF3N2O. The number of hydrogen-bond donors (Lipinski definition) is 0. The standard InChI is InChI=1S/C18H23F3N2O.ClH/c1-13(2)23-11-10-16(12-23)22(3)17(24)9-6-14-4-7-15(8-5-14)18(19,20)21;/h4-9,13,16H,10-12H2,1-3H3;1H/b9-6-;. The average Bonchev–Trinajstić information content (AvgIpc) is 3.01. The van der Waals surface area contributed by atoms with Gasteiger partial charge in [-0.15, -0.1) is 12.4 Å². The first kappa shape index (κ1) is 21.5. The van der Waals surface area contributed by atoms with Crippen LogP contribution in [0.4, 0.5) is 13.2 Å². The molecule has 0 aliphatic carbocycles. The first-order chi connectivity index (χ1) is 11.2. The van der Waals surface area contributed by atoms with Gasteiger partial charge in [-0.1, -0.05) is 12.1 Å². The molecule has 1 atom stereocenters. The van der Waals surface area contributed by atoms with Gasteiger partial charge in [0.2, 0.25) is 5.91 Å². The highest BCUT2D eigenvalue weighted by atomic mass is 35.5. The predicted octanol–water partition coefficient (Wildman–Crippen LogP) is 4.08. The van der Waals surface area contributed by atoms with E-state index in [1.165, 1.54) is 18.2 Å². The Hall–Kier alpha value is -1.53. The van der Waals surface area contributed by atoms with Crippen molar-refractivity contribution in [2.75, 3.05) is 20.1 Å². The van der Waals surface area contributed by atoms with Gasteiger partial charge in [0, 0.05) is 38.3 Å². The summed E-state index contributed by atoms with van der Waals surface area (Å²) in [6.07, 6.45) is -0.438. The maximum atomic E-state index is 12.5. The maximum absolute atomic E-state index is 12.5. The van der Waals surface area contributed by atoms with Crippen molar-refractivity contribution in [1.29, 1.82) is 0 Å². The lowest BCUT2D eigenvalue weighted by Crippen LogP contribution is -2.39. The van der Waals surface area contributed by atoms with Crippen LogP contribution in [0.15, 0.2) is 30.3 Å². The second kappa shape index (κ2) is 8.72. The number of carbonyl (C=O) groups excluding carboxylic acids is 1. The first-order valence-corrected chi connectivity index (χ1v) is 8.04. The largest absolute Gasteiger partial charge is 0.416 e. The third-order valence-corrected chi connectivity index (χ3v) is 4.48. The number of benzene rings is 1. The van der Waals surface area contributed by atoms with Crippen molar-refractivity contribution >= 4 is 24.4 Å². The Morgan fingerprint density at radius 3 is 2.36 bits per heavy atom. The van der Waals surface area contributed by atoms with Gasteiger partial charge in [-0.2, -0.15) is 13.2 Å². The summed E-state index contributed by atoms with van der Waals surface area (Å²) in [5.74, 6) is -0.134. The molecule has 1 unspecified atom stereocenters. The van der Waals surface area contributed by atoms with Gasteiger partial charge in [0.15, 0.2) is 0 Å². The molecule has 1 aliphatic rings. The van der Waals surface area contributed by atoms with Crippen molar-refractivity contribution in [2.45, 2.75) is 38.5 Å². The fourth-order valence-corrected chi connectivity index (χ4v) is 2.80. The van der Waals surface area contributed by atoms with Gasteiger partial charge in [-0.3, -0.25) is 9.69 Å². The van der Waals surface area contributed by atoms with Gasteiger partial charge in [0.05, 0.1) is 5.56 Å². The molecule has 3 nitrogen and oxygen atoms in total.